The third-order valence-electron chi connectivity index (χ3n) is 2.39. The molecule has 1 aromatic carbocycles. The van der Waals surface area contributed by atoms with E-state index in [9.17, 15) is 0 Å². The molecule has 1 aliphatic rings. The molecular formula is C11H12BrN. The molecule has 0 atom stereocenters. The lowest BCUT2D eigenvalue weighted by atomic mass is 9.95. The summed E-state index contributed by atoms with van der Waals surface area (Å²) in [5, 5.41) is 3.23. The topological polar surface area (TPSA) is 12.0 Å². The highest BCUT2D eigenvalue weighted by Gasteiger charge is 2.10. The zero-order valence-corrected chi connectivity index (χ0v) is 9.19. The number of rotatable bonds is 1. The molecule has 0 unspecified atom stereocenters. The van der Waals surface area contributed by atoms with Crippen LogP contribution in [0.15, 0.2) is 28.7 Å². The van der Waals surface area contributed by atoms with E-state index in [4.69, 9.17) is 0 Å². The fourth-order valence-electron chi connectivity index (χ4n) is 1.75. The maximum Gasteiger partial charge on any atom is 0.0373 e. The molecule has 0 aliphatic heterocycles. The van der Waals surface area contributed by atoms with Gasteiger partial charge in [-0.25, -0.2) is 0 Å². The van der Waals surface area contributed by atoms with Crippen molar-refractivity contribution in [2.24, 2.45) is 0 Å². The Bertz CT molecular complexity index is 355. The zero-order chi connectivity index (χ0) is 9.26. The van der Waals surface area contributed by atoms with Crippen LogP contribution >= 0.6 is 15.9 Å². The molecule has 1 aliphatic carbocycles. The quantitative estimate of drug-likeness (QED) is 0.793. The third kappa shape index (κ3) is 1.63. The van der Waals surface area contributed by atoms with Crippen LogP contribution < -0.4 is 5.32 Å². The van der Waals surface area contributed by atoms with Gasteiger partial charge in [-0.1, -0.05) is 28.1 Å². The lowest BCUT2D eigenvalue weighted by molar-refractivity contribution is 0.946. The number of hydrogen-bond donors (Lipinski definition) is 1. The summed E-state index contributed by atoms with van der Waals surface area (Å²) in [4.78, 5) is 0. The second-order valence-corrected chi connectivity index (χ2v) is 4.12. The van der Waals surface area contributed by atoms with Gasteiger partial charge >= 0.3 is 0 Å². The van der Waals surface area contributed by atoms with Crippen molar-refractivity contribution in [3.05, 3.63) is 39.9 Å². The number of allylic oxidation sites excluding steroid dienone is 1. The number of nitrogens with one attached hydrogen (secondary N) is 1. The molecule has 13 heavy (non-hydrogen) atoms. The minimum absolute atomic E-state index is 1.14. The minimum Gasteiger partial charge on any atom is -0.388 e. The first-order valence-electron chi connectivity index (χ1n) is 4.48. The van der Waals surface area contributed by atoms with Crippen molar-refractivity contribution in [1.82, 2.24) is 5.32 Å². The van der Waals surface area contributed by atoms with Crippen molar-refractivity contribution in [3.63, 3.8) is 0 Å². The molecule has 1 N–H and O–H groups in total. The van der Waals surface area contributed by atoms with Crippen LogP contribution in [-0.4, -0.2) is 7.05 Å². The van der Waals surface area contributed by atoms with E-state index in [0.717, 1.165) is 12.8 Å². The van der Waals surface area contributed by atoms with Crippen LogP contribution in [0.1, 0.15) is 17.5 Å². The number of benzene rings is 1. The largest absolute Gasteiger partial charge is 0.388 e. The Hall–Kier alpha value is -0.760. The first-order chi connectivity index (χ1) is 6.31. The van der Waals surface area contributed by atoms with E-state index in [-0.39, 0.29) is 0 Å². The smallest absolute Gasteiger partial charge is 0.0373 e. The van der Waals surface area contributed by atoms with Gasteiger partial charge in [0.15, 0.2) is 0 Å². The number of fused-ring (bicyclic) bond motifs is 1. The van der Waals surface area contributed by atoms with Crippen molar-refractivity contribution in [1.29, 1.82) is 0 Å². The first-order valence-corrected chi connectivity index (χ1v) is 5.27. The maximum atomic E-state index is 3.49. The van der Waals surface area contributed by atoms with Crippen molar-refractivity contribution in [2.75, 3.05) is 7.05 Å². The van der Waals surface area contributed by atoms with Crippen LogP contribution in [0.25, 0.3) is 5.70 Å². The Morgan fingerprint density at radius 1 is 1.38 bits per heavy atom. The molecular weight excluding hydrogens is 226 g/mol. The van der Waals surface area contributed by atoms with Crippen LogP contribution in [-0.2, 0) is 6.42 Å². The highest BCUT2D eigenvalue weighted by Crippen LogP contribution is 2.26. The second-order valence-electron chi connectivity index (χ2n) is 3.21. The average molecular weight is 238 g/mol. The van der Waals surface area contributed by atoms with Gasteiger partial charge in [0.2, 0.25) is 0 Å². The minimum atomic E-state index is 1.14. The average Bonchev–Trinajstić information content (AvgIpc) is 2.16. The van der Waals surface area contributed by atoms with E-state index in [1.165, 1.54) is 21.3 Å². The Morgan fingerprint density at radius 2 is 2.23 bits per heavy atom. The van der Waals surface area contributed by atoms with E-state index >= 15 is 0 Å². The van der Waals surface area contributed by atoms with Gasteiger partial charge < -0.3 is 5.32 Å². The van der Waals surface area contributed by atoms with Crippen molar-refractivity contribution < 1.29 is 0 Å². The predicted octanol–water partition coefficient (Wildman–Crippen LogP) is 2.96. The van der Waals surface area contributed by atoms with E-state index in [2.05, 4.69) is 45.5 Å². The van der Waals surface area contributed by atoms with Crippen LogP contribution in [0.4, 0.5) is 0 Å². The van der Waals surface area contributed by atoms with E-state index in [1.807, 2.05) is 7.05 Å². The first kappa shape index (κ1) is 8.82. The van der Waals surface area contributed by atoms with Crippen LogP contribution in [0.2, 0.25) is 0 Å². The molecule has 0 heterocycles. The lowest BCUT2D eigenvalue weighted by Crippen LogP contribution is -2.10. The second kappa shape index (κ2) is 3.54. The summed E-state index contributed by atoms with van der Waals surface area (Å²) in [6.45, 7) is 0. The predicted molar refractivity (Wildman–Crippen MR) is 59.5 cm³/mol. The fourth-order valence-corrected chi connectivity index (χ4v) is 2.16. The number of aryl methyl sites for hydroxylation is 1. The summed E-state index contributed by atoms with van der Waals surface area (Å²) < 4.78 is 1.17. The molecule has 0 fully saturated rings. The van der Waals surface area contributed by atoms with Gasteiger partial charge in [-0.2, -0.15) is 0 Å². The molecule has 0 aromatic heterocycles. The Kier molecular flexibility index (Phi) is 2.40. The van der Waals surface area contributed by atoms with Gasteiger partial charge in [-0.15, -0.1) is 0 Å². The molecule has 0 saturated heterocycles. The highest BCUT2D eigenvalue weighted by atomic mass is 79.9. The number of hydrogen-bond acceptors (Lipinski definition) is 1. The maximum absolute atomic E-state index is 3.49. The summed E-state index contributed by atoms with van der Waals surface area (Å²) in [6.07, 6.45) is 4.55. The zero-order valence-electron chi connectivity index (χ0n) is 7.60. The van der Waals surface area contributed by atoms with Gasteiger partial charge in [0.25, 0.3) is 0 Å². The molecule has 0 saturated carbocycles. The monoisotopic (exact) mass is 237 g/mol. The SMILES string of the molecule is CNC1=CCCc2cc(Br)ccc21. The molecule has 1 nitrogen and oxygen atoms in total. The summed E-state index contributed by atoms with van der Waals surface area (Å²) in [5.74, 6) is 0. The fraction of sp³-hybridized carbons (Fsp3) is 0.273. The van der Waals surface area contributed by atoms with Gasteiger partial charge in [0.05, 0.1) is 0 Å². The normalized spacial score (nSPS) is 14.8. The lowest BCUT2D eigenvalue weighted by Gasteiger charge is -2.17. The molecule has 0 bridgehead atoms. The third-order valence-corrected chi connectivity index (χ3v) is 2.88. The molecule has 0 radical (unpaired) electrons. The van der Waals surface area contributed by atoms with Crippen LogP contribution in [0.5, 0.6) is 0 Å². The van der Waals surface area contributed by atoms with Gasteiger partial charge in [-0.3, -0.25) is 0 Å². The van der Waals surface area contributed by atoms with Crippen molar-refractivity contribution in [2.45, 2.75) is 12.8 Å². The molecule has 0 amide bonds. The Morgan fingerprint density at radius 3 is 3.00 bits per heavy atom. The van der Waals surface area contributed by atoms with Gasteiger partial charge in [-0.05, 0) is 30.5 Å². The molecule has 1 aromatic rings. The van der Waals surface area contributed by atoms with E-state index < -0.39 is 0 Å². The van der Waals surface area contributed by atoms with Crippen LogP contribution in [0, 0.1) is 0 Å². The molecule has 2 heteroatoms. The Balaban J connectivity index is 2.49. The summed E-state index contributed by atoms with van der Waals surface area (Å²) in [7, 11) is 1.98. The van der Waals surface area contributed by atoms with Gasteiger partial charge in [0.1, 0.15) is 0 Å². The summed E-state index contributed by atoms with van der Waals surface area (Å²) in [6, 6.07) is 6.47. The van der Waals surface area contributed by atoms with E-state index in [0.29, 0.717) is 0 Å². The Labute approximate surface area is 87.0 Å². The number of halogens is 1. The summed E-state index contributed by atoms with van der Waals surface area (Å²) >= 11 is 3.49. The van der Waals surface area contributed by atoms with Crippen LogP contribution in [0.3, 0.4) is 0 Å². The van der Waals surface area contributed by atoms with E-state index in [1.54, 1.807) is 0 Å². The molecule has 2 rings (SSSR count). The summed E-state index contributed by atoms with van der Waals surface area (Å²) in [5.41, 5.74) is 4.03. The van der Waals surface area contributed by atoms with Crippen molar-refractivity contribution >= 4 is 21.6 Å². The highest BCUT2D eigenvalue weighted by molar-refractivity contribution is 9.10. The molecule has 0 spiro atoms. The van der Waals surface area contributed by atoms with Crippen molar-refractivity contribution in [3.8, 4) is 0 Å². The molecule has 68 valence electrons. The standard InChI is InChI=1S/C11H12BrN/c1-13-11-4-2-3-8-7-9(12)5-6-10(8)11/h4-7,13H,2-3H2,1H3. The van der Waals surface area contributed by atoms with Gasteiger partial charge in [0, 0.05) is 22.8 Å².